The maximum atomic E-state index is 11.7. The number of nitrogens with one attached hydrogen (secondary N) is 1. The Labute approximate surface area is 113 Å². The molecule has 0 spiro atoms. The third-order valence-corrected chi connectivity index (χ3v) is 3.23. The Bertz CT molecular complexity index is 468. The predicted octanol–water partition coefficient (Wildman–Crippen LogP) is 2.18. The molecule has 0 aliphatic carbocycles. The van der Waals surface area contributed by atoms with Crippen LogP contribution in [0.4, 0.5) is 0 Å². The summed E-state index contributed by atoms with van der Waals surface area (Å²) in [6.07, 6.45) is 0.710. The number of benzene rings is 1. The molecule has 0 fully saturated rings. The molecule has 0 saturated heterocycles. The summed E-state index contributed by atoms with van der Waals surface area (Å²) >= 11 is 0. The largest absolute Gasteiger partial charge is 0.466 e. The molecular weight excluding hydrogens is 242 g/mol. The molecule has 102 valence electrons. The van der Waals surface area contributed by atoms with Gasteiger partial charge in [0.15, 0.2) is 0 Å². The average Bonchev–Trinajstić information content (AvgIpc) is 2.48. The topological polar surface area (TPSA) is 47.6 Å². The van der Waals surface area contributed by atoms with E-state index in [1.807, 2.05) is 18.2 Å². The van der Waals surface area contributed by atoms with Gasteiger partial charge >= 0.3 is 5.97 Å². The van der Waals surface area contributed by atoms with Crippen LogP contribution in [0.15, 0.2) is 41.6 Å². The summed E-state index contributed by atoms with van der Waals surface area (Å²) in [6.45, 7) is 3.02. The molecule has 2 rings (SSSR count). The van der Waals surface area contributed by atoms with Crippen molar-refractivity contribution in [1.82, 2.24) is 5.32 Å². The van der Waals surface area contributed by atoms with Crippen LogP contribution in [-0.4, -0.2) is 26.3 Å². The minimum absolute atomic E-state index is 0.147. The number of carbonyl (C=O) groups excluding carboxylic acids is 1. The van der Waals surface area contributed by atoms with Crippen molar-refractivity contribution in [1.29, 1.82) is 0 Å². The summed E-state index contributed by atoms with van der Waals surface area (Å²) < 4.78 is 10.1. The number of carbonyl (C=O) groups is 1. The summed E-state index contributed by atoms with van der Waals surface area (Å²) in [5.74, 6) is -0.317. The smallest absolute Gasteiger partial charge is 0.337 e. The molecule has 4 heteroatoms. The number of ether oxygens (including phenoxy) is 2. The Morgan fingerprint density at radius 1 is 1.37 bits per heavy atom. The fourth-order valence-electron chi connectivity index (χ4n) is 2.14. The van der Waals surface area contributed by atoms with Crippen molar-refractivity contribution in [3.05, 3.63) is 47.2 Å². The van der Waals surface area contributed by atoms with Crippen LogP contribution < -0.4 is 5.32 Å². The van der Waals surface area contributed by atoms with Crippen LogP contribution in [0.5, 0.6) is 0 Å². The van der Waals surface area contributed by atoms with Crippen LogP contribution in [0.3, 0.4) is 0 Å². The highest BCUT2D eigenvalue weighted by atomic mass is 16.5. The van der Waals surface area contributed by atoms with Gasteiger partial charge in [-0.05, 0) is 12.5 Å². The molecule has 1 atom stereocenters. The van der Waals surface area contributed by atoms with Gasteiger partial charge in [0.25, 0.3) is 0 Å². The van der Waals surface area contributed by atoms with Crippen LogP contribution in [0.2, 0.25) is 0 Å². The monoisotopic (exact) mass is 261 g/mol. The number of esters is 1. The first-order chi connectivity index (χ1) is 9.22. The summed E-state index contributed by atoms with van der Waals surface area (Å²) in [5, 5.41) is 3.40. The third kappa shape index (κ3) is 3.35. The van der Waals surface area contributed by atoms with E-state index >= 15 is 0 Å². The molecule has 0 amide bonds. The highest BCUT2D eigenvalue weighted by Crippen LogP contribution is 2.20. The minimum Gasteiger partial charge on any atom is -0.466 e. The molecular formula is C15H19NO3. The van der Waals surface area contributed by atoms with Gasteiger partial charge in [-0.15, -0.1) is 0 Å². The fraction of sp³-hybridized carbons (Fsp3) is 0.400. The van der Waals surface area contributed by atoms with E-state index < -0.39 is 0 Å². The average molecular weight is 261 g/mol. The molecule has 1 aliphatic rings. The van der Waals surface area contributed by atoms with Crippen molar-refractivity contribution >= 4 is 5.97 Å². The van der Waals surface area contributed by atoms with Gasteiger partial charge in [-0.2, -0.15) is 0 Å². The summed E-state index contributed by atoms with van der Waals surface area (Å²) in [5.41, 5.74) is 2.71. The van der Waals surface area contributed by atoms with Crippen LogP contribution in [0.25, 0.3) is 0 Å². The van der Waals surface area contributed by atoms with Crippen molar-refractivity contribution in [3.63, 3.8) is 0 Å². The molecule has 0 radical (unpaired) electrons. The molecule has 0 saturated carbocycles. The summed E-state index contributed by atoms with van der Waals surface area (Å²) in [6, 6.07) is 10.3. The van der Waals surface area contributed by atoms with Gasteiger partial charge in [-0.1, -0.05) is 30.3 Å². The Balaban J connectivity index is 2.15. The van der Waals surface area contributed by atoms with E-state index in [0.717, 1.165) is 5.70 Å². The number of hydrogen-bond donors (Lipinski definition) is 1. The van der Waals surface area contributed by atoms with Gasteiger partial charge in [0.1, 0.15) is 0 Å². The highest BCUT2D eigenvalue weighted by Gasteiger charge is 2.21. The lowest BCUT2D eigenvalue weighted by molar-refractivity contribution is -0.137. The lowest BCUT2D eigenvalue weighted by Crippen LogP contribution is -2.28. The number of hydrogen-bond acceptors (Lipinski definition) is 4. The van der Waals surface area contributed by atoms with Crippen molar-refractivity contribution < 1.29 is 14.3 Å². The maximum absolute atomic E-state index is 11.7. The highest BCUT2D eigenvalue weighted by molar-refractivity contribution is 5.89. The van der Waals surface area contributed by atoms with E-state index in [1.165, 1.54) is 12.7 Å². The second kappa shape index (κ2) is 6.38. The van der Waals surface area contributed by atoms with Gasteiger partial charge < -0.3 is 14.8 Å². The van der Waals surface area contributed by atoms with E-state index in [0.29, 0.717) is 25.2 Å². The lowest BCUT2D eigenvalue weighted by atomic mass is 10.1. The fourth-order valence-corrected chi connectivity index (χ4v) is 2.14. The number of rotatable bonds is 4. The standard InChI is InChI=1S/C15H19NO3/c1-11(12-6-4-3-5-7-12)16-14-8-9-19-10-13(14)15(17)18-2/h3-7,11,16H,8-10H2,1-2H3/t11-/m0/s1. The molecule has 1 aliphatic heterocycles. The molecule has 1 aromatic carbocycles. The van der Waals surface area contributed by atoms with Crippen LogP contribution >= 0.6 is 0 Å². The Hall–Kier alpha value is -1.81. The molecule has 19 heavy (non-hydrogen) atoms. The van der Waals surface area contributed by atoms with E-state index in [-0.39, 0.29) is 12.0 Å². The predicted molar refractivity (Wildman–Crippen MR) is 72.5 cm³/mol. The number of methoxy groups -OCH3 is 1. The minimum atomic E-state index is -0.317. The Morgan fingerprint density at radius 3 is 2.79 bits per heavy atom. The molecule has 1 aromatic rings. The summed E-state index contributed by atoms with van der Waals surface area (Å²) in [7, 11) is 1.39. The first-order valence-corrected chi connectivity index (χ1v) is 6.42. The molecule has 0 bridgehead atoms. The van der Waals surface area contributed by atoms with Gasteiger partial charge in [0.05, 0.1) is 25.9 Å². The van der Waals surface area contributed by atoms with E-state index in [9.17, 15) is 4.79 Å². The second-order valence-electron chi connectivity index (χ2n) is 4.53. The summed E-state index contributed by atoms with van der Waals surface area (Å²) in [4.78, 5) is 11.7. The quantitative estimate of drug-likeness (QED) is 0.844. The Morgan fingerprint density at radius 2 is 2.11 bits per heavy atom. The normalized spacial score (nSPS) is 16.9. The first-order valence-electron chi connectivity index (χ1n) is 6.42. The van der Waals surface area contributed by atoms with E-state index in [4.69, 9.17) is 9.47 Å². The zero-order valence-corrected chi connectivity index (χ0v) is 11.3. The molecule has 1 heterocycles. The van der Waals surface area contributed by atoms with E-state index in [2.05, 4.69) is 24.4 Å². The van der Waals surface area contributed by atoms with Crippen LogP contribution in [-0.2, 0) is 14.3 Å². The van der Waals surface area contributed by atoms with Crippen molar-refractivity contribution in [2.75, 3.05) is 20.3 Å². The van der Waals surface area contributed by atoms with Crippen LogP contribution in [0.1, 0.15) is 24.9 Å². The van der Waals surface area contributed by atoms with Crippen molar-refractivity contribution in [2.24, 2.45) is 0 Å². The molecule has 4 nitrogen and oxygen atoms in total. The molecule has 1 N–H and O–H groups in total. The first kappa shape index (κ1) is 13.6. The Kier molecular flexibility index (Phi) is 4.58. The van der Waals surface area contributed by atoms with Gasteiger partial charge in [-0.25, -0.2) is 4.79 Å². The van der Waals surface area contributed by atoms with Gasteiger partial charge in [0.2, 0.25) is 0 Å². The zero-order valence-electron chi connectivity index (χ0n) is 11.3. The zero-order chi connectivity index (χ0) is 13.7. The maximum Gasteiger partial charge on any atom is 0.337 e. The van der Waals surface area contributed by atoms with Crippen molar-refractivity contribution in [3.8, 4) is 0 Å². The van der Waals surface area contributed by atoms with E-state index in [1.54, 1.807) is 0 Å². The SMILES string of the molecule is COC(=O)C1=C(N[C@@H](C)c2ccccc2)CCOC1. The van der Waals surface area contributed by atoms with Crippen molar-refractivity contribution in [2.45, 2.75) is 19.4 Å². The van der Waals surface area contributed by atoms with Gasteiger partial charge in [0, 0.05) is 18.2 Å². The molecule has 0 aromatic heterocycles. The van der Waals surface area contributed by atoms with Gasteiger partial charge in [-0.3, -0.25) is 0 Å². The van der Waals surface area contributed by atoms with Crippen LogP contribution in [0, 0.1) is 0 Å². The lowest BCUT2D eigenvalue weighted by Gasteiger charge is -2.24. The molecule has 0 unspecified atom stereocenters. The second-order valence-corrected chi connectivity index (χ2v) is 4.53. The third-order valence-electron chi connectivity index (χ3n) is 3.23.